The van der Waals surface area contributed by atoms with E-state index in [4.69, 9.17) is 12.2 Å². The minimum Gasteiger partial charge on any atom is -0.373 e. The van der Waals surface area contributed by atoms with Crippen molar-refractivity contribution in [2.24, 2.45) is 0 Å². The van der Waals surface area contributed by atoms with Gasteiger partial charge in [0.05, 0.1) is 14.9 Å². The molecule has 0 spiro atoms. The molecule has 0 aromatic carbocycles. The average molecular weight is 130 g/mol. The van der Waals surface area contributed by atoms with Crippen LogP contribution in [0.15, 0.2) is 0 Å². The van der Waals surface area contributed by atoms with Gasteiger partial charge in [0.1, 0.15) is 6.08 Å². The van der Waals surface area contributed by atoms with Crippen molar-refractivity contribution in [3.63, 3.8) is 0 Å². The molecule has 52 valence electrons. The Hall–Kier alpha value is -0.0800. The van der Waals surface area contributed by atoms with Crippen LogP contribution >= 0.6 is 0 Å². The summed E-state index contributed by atoms with van der Waals surface area (Å²) in [6.07, 6.45) is -1.03. The predicted molar refractivity (Wildman–Crippen MR) is 33.3 cm³/mol. The first-order valence-corrected chi connectivity index (χ1v) is 3.44. The Balaban J connectivity index is 2.20. The molecule has 2 heterocycles. The van der Waals surface area contributed by atoms with Crippen LogP contribution in [0, 0.1) is 0 Å². The van der Waals surface area contributed by atoms with Gasteiger partial charge >= 0.3 is 0 Å². The monoisotopic (exact) mass is 130 g/mol. The van der Waals surface area contributed by atoms with Gasteiger partial charge in [-0.1, -0.05) is 6.92 Å². The van der Waals surface area contributed by atoms with Crippen LogP contribution in [0.1, 0.15) is 22.5 Å². The number of hydrogen-bond donors (Lipinski definition) is 0. The SMILES string of the molecule is [2H][C@]1(CC)O[C@@H]2CCO[C@@]21[2H]. The second kappa shape index (κ2) is 1.96. The Morgan fingerprint density at radius 1 is 1.78 bits per heavy atom. The molecule has 0 aromatic rings. The molecule has 0 saturated carbocycles. The van der Waals surface area contributed by atoms with Crippen LogP contribution in [-0.4, -0.2) is 24.9 Å². The third kappa shape index (κ3) is 0.700. The summed E-state index contributed by atoms with van der Waals surface area (Å²) in [5.41, 5.74) is 0. The lowest BCUT2D eigenvalue weighted by atomic mass is 9.99. The molecule has 2 heteroatoms. The fraction of sp³-hybridized carbons (Fsp3) is 1.00. The zero-order chi connectivity index (χ0) is 8.11. The van der Waals surface area contributed by atoms with Crippen molar-refractivity contribution in [3.8, 4) is 0 Å². The van der Waals surface area contributed by atoms with Crippen molar-refractivity contribution in [3.05, 3.63) is 0 Å². The first-order valence-electron chi connectivity index (χ1n) is 4.44. The van der Waals surface area contributed by atoms with Crippen LogP contribution in [0.25, 0.3) is 0 Å². The summed E-state index contributed by atoms with van der Waals surface area (Å²) < 4.78 is 26.0. The minimum atomic E-state index is -1.10. The van der Waals surface area contributed by atoms with E-state index in [-0.39, 0.29) is 6.10 Å². The molecule has 2 rings (SSSR count). The summed E-state index contributed by atoms with van der Waals surface area (Å²) in [6.45, 7) is 2.41. The van der Waals surface area contributed by atoms with E-state index in [1.807, 2.05) is 6.92 Å². The molecule has 2 aliphatic heterocycles. The number of rotatable bonds is 1. The van der Waals surface area contributed by atoms with Gasteiger partial charge in [-0.3, -0.25) is 0 Å². The van der Waals surface area contributed by atoms with Crippen LogP contribution in [-0.2, 0) is 9.47 Å². The van der Waals surface area contributed by atoms with Gasteiger partial charge in [-0.2, -0.15) is 0 Å². The van der Waals surface area contributed by atoms with Crippen molar-refractivity contribution < 1.29 is 12.2 Å². The Morgan fingerprint density at radius 2 is 2.67 bits per heavy atom. The molecule has 2 fully saturated rings. The first-order chi connectivity index (χ1) is 5.12. The molecule has 0 aromatic heterocycles. The molecule has 2 aliphatic rings. The molecule has 0 amide bonds. The van der Waals surface area contributed by atoms with Crippen molar-refractivity contribution in [2.75, 3.05) is 6.61 Å². The number of hydrogen-bond acceptors (Lipinski definition) is 2. The highest BCUT2D eigenvalue weighted by molar-refractivity contribution is 4.92. The van der Waals surface area contributed by atoms with E-state index in [0.717, 1.165) is 6.42 Å². The zero-order valence-electron chi connectivity index (χ0n) is 7.52. The first kappa shape index (κ1) is 3.94. The van der Waals surface area contributed by atoms with Gasteiger partial charge < -0.3 is 9.47 Å². The van der Waals surface area contributed by atoms with Gasteiger partial charge in [0, 0.05) is 6.61 Å². The maximum Gasteiger partial charge on any atom is 0.110 e. The molecule has 0 unspecified atom stereocenters. The number of ether oxygens (including phenoxy) is 2. The molecule has 3 atom stereocenters. The van der Waals surface area contributed by atoms with E-state index in [0.29, 0.717) is 13.0 Å². The largest absolute Gasteiger partial charge is 0.373 e. The van der Waals surface area contributed by atoms with Gasteiger partial charge in [0.2, 0.25) is 0 Å². The lowest BCUT2D eigenvalue weighted by molar-refractivity contribution is -0.198. The maximum absolute atomic E-state index is 7.80. The van der Waals surface area contributed by atoms with Crippen molar-refractivity contribution in [2.45, 2.75) is 38.0 Å². The fourth-order valence-corrected chi connectivity index (χ4v) is 1.30. The van der Waals surface area contributed by atoms with Gasteiger partial charge in [0.15, 0.2) is 0 Å². The van der Waals surface area contributed by atoms with Gasteiger partial charge in [0.25, 0.3) is 0 Å². The molecular weight excluding hydrogens is 116 g/mol. The molecule has 2 saturated heterocycles. The highest BCUT2D eigenvalue weighted by Crippen LogP contribution is 2.33. The highest BCUT2D eigenvalue weighted by Gasteiger charge is 2.45. The van der Waals surface area contributed by atoms with E-state index in [1.165, 1.54) is 0 Å². The van der Waals surface area contributed by atoms with Gasteiger partial charge in [-0.15, -0.1) is 0 Å². The van der Waals surface area contributed by atoms with Crippen molar-refractivity contribution in [1.29, 1.82) is 0 Å². The standard InChI is InChI=1S/C7H12O2/c1-2-5-7-6(9-5)3-4-8-7/h5-7H,2-4H2,1H3/t5-,6-,7-/m1/s1/i5D,7D. The Morgan fingerprint density at radius 3 is 3.33 bits per heavy atom. The Kier molecular flexibility index (Phi) is 0.856. The summed E-state index contributed by atoms with van der Waals surface area (Å²) in [4.78, 5) is 0. The molecule has 0 bridgehead atoms. The van der Waals surface area contributed by atoms with Crippen LogP contribution in [0.4, 0.5) is 0 Å². The topological polar surface area (TPSA) is 18.5 Å². The molecular formula is C7H12O2. The molecule has 0 N–H and O–H groups in total. The van der Waals surface area contributed by atoms with E-state index < -0.39 is 12.2 Å². The fourth-order valence-electron chi connectivity index (χ4n) is 1.30. The van der Waals surface area contributed by atoms with Crippen molar-refractivity contribution >= 4 is 0 Å². The summed E-state index contributed by atoms with van der Waals surface area (Å²) in [5, 5.41) is 0. The van der Waals surface area contributed by atoms with E-state index >= 15 is 0 Å². The van der Waals surface area contributed by atoms with Gasteiger partial charge in [-0.05, 0) is 12.8 Å². The van der Waals surface area contributed by atoms with Crippen LogP contribution in [0.2, 0.25) is 0 Å². The van der Waals surface area contributed by atoms with Crippen LogP contribution in [0.3, 0.4) is 0 Å². The predicted octanol–water partition coefficient (Wildman–Crippen LogP) is 0.953. The average Bonchev–Trinajstić information content (AvgIpc) is 2.29. The number of fused-ring (bicyclic) bond motifs is 1. The summed E-state index contributed by atoms with van der Waals surface area (Å²) in [5.74, 6) is 0. The Bertz CT molecular complexity index is 187. The molecule has 9 heavy (non-hydrogen) atoms. The zero-order valence-corrected chi connectivity index (χ0v) is 5.52. The summed E-state index contributed by atoms with van der Waals surface area (Å²) >= 11 is 0. The summed E-state index contributed by atoms with van der Waals surface area (Å²) in [6, 6.07) is 0. The minimum absolute atomic E-state index is 0.153. The lowest BCUT2D eigenvalue weighted by Crippen LogP contribution is -2.50. The smallest absolute Gasteiger partial charge is 0.110 e. The highest BCUT2D eigenvalue weighted by atomic mass is 16.6. The molecule has 0 radical (unpaired) electrons. The lowest BCUT2D eigenvalue weighted by Gasteiger charge is -2.38. The van der Waals surface area contributed by atoms with Crippen LogP contribution < -0.4 is 0 Å². The Labute approximate surface area is 58.0 Å². The van der Waals surface area contributed by atoms with E-state index in [1.54, 1.807) is 0 Å². The van der Waals surface area contributed by atoms with Crippen LogP contribution in [0.5, 0.6) is 0 Å². The molecule has 0 aliphatic carbocycles. The second-order valence-electron chi connectivity index (χ2n) is 2.38. The normalized spacial score (nSPS) is 67.9. The quantitative estimate of drug-likeness (QED) is 0.526. The third-order valence-corrected chi connectivity index (χ3v) is 1.81. The van der Waals surface area contributed by atoms with Crippen molar-refractivity contribution in [1.82, 2.24) is 0 Å². The molecule has 2 nitrogen and oxygen atoms in total. The summed E-state index contributed by atoms with van der Waals surface area (Å²) in [7, 11) is 0. The van der Waals surface area contributed by atoms with E-state index in [2.05, 4.69) is 0 Å². The third-order valence-electron chi connectivity index (χ3n) is 1.81. The van der Waals surface area contributed by atoms with E-state index in [9.17, 15) is 0 Å². The second-order valence-corrected chi connectivity index (χ2v) is 2.38. The van der Waals surface area contributed by atoms with Gasteiger partial charge in [-0.25, -0.2) is 0 Å². The maximum atomic E-state index is 7.80.